The van der Waals surface area contributed by atoms with E-state index in [0.717, 1.165) is 5.75 Å². The SMILES string of the molecule is CC(C)Oc1ccc(C(=O)OCC2CCCN3CCCCC23)cc1. The van der Waals surface area contributed by atoms with Gasteiger partial charge < -0.3 is 9.47 Å². The lowest BCUT2D eigenvalue weighted by Crippen LogP contribution is -2.49. The zero-order chi connectivity index (χ0) is 16.9. The van der Waals surface area contributed by atoms with Crippen molar-refractivity contribution in [1.82, 2.24) is 4.90 Å². The molecule has 2 aliphatic rings. The van der Waals surface area contributed by atoms with Crippen LogP contribution < -0.4 is 4.74 Å². The molecule has 2 heterocycles. The minimum absolute atomic E-state index is 0.132. The summed E-state index contributed by atoms with van der Waals surface area (Å²) in [6.07, 6.45) is 6.41. The highest BCUT2D eigenvalue weighted by Crippen LogP contribution is 2.31. The van der Waals surface area contributed by atoms with Crippen molar-refractivity contribution >= 4 is 5.97 Å². The Labute approximate surface area is 145 Å². The fraction of sp³-hybridized carbons (Fsp3) is 0.650. The molecule has 2 saturated heterocycles. The Morgan fingerprint density at radius 1 is 1.12 bits per heavy atom. The molecule has 3 rings (SSSR count). The minimum atomic E-state index is -0.223. The van der Waals surface area contributed by atoms with E-state index in [1.807, 2.05) is 26.0 Å². The molecule has 4 nitrogen and oxygen atoms in total. The Bertz CT molecular complexity index is 538. The zero-order valence-electron chi connectivity index (χ0n) is 14.9. The Balaban J connectivity index is 1.53. The van der Waals surface area contributed by atoms with Gasteiger partial charge in [0.25, 0.3) is 0 Å². The molecule has 2 atom stereocenters. The predicted molar refractivity (Wildman–Crippen MR) is 94.4 cm³/mol. The van der Waals surface area contributed by atoms with Crippen molar-refractivity contribution < 1.29 is 14.3 Å². The summed E-state index contributed by atoms with van der Waals surface area (Å²) < 4.78 is 11.2. The molecule has 2 fully saturated rings. The van der Waals surface area contributed by atoms with Gasteiger partial charge in [-0.05, 0) is 76.9 Å². The first-order valence-corrected chi connectivity index (χ1v) is 9.31. The van der Waals surface area contributed by atoms with Crippen LogP contribution in [0.4, 0.5) is 0 Å². The average Bonchev–Trinajstić information content (AvgIpc) is 2.59. The van der Waals surface area contributed by atoms with Gasteiger partial charge in [-0.3, -0.25) is 4.90 Å². The highest BCUT2D eigenvalue weighted by molar-refractivity contribution is 5.89. The summed E-state index contributed by atoms with van der Waals surface area (Å²) in [5.41, 5.74) is 0.599. The molecule has 132 valence electrons. The number of ether oxygens (including phenoxy) is 2. The van der Waals surface area contributed by atoms with Gasteiger partial charge >= 0.3 is 5.97 Å². The summed E-state index contributed by atoms with van der Waals surface area (Å²) in [6, 6.07) is 7.85. The second-order valence-corrected chi connectivity index (χ2v) is 7.29. The zero-order valence-corrected chi connectivity index (χ0v) is 14.9. The van der Waals surface area contributed by atoms with Gasteiger partial charge in [0.15, 0.2) is 0 Å². The normalized spacial score (nSPS) is 24.5. The fourth-order valence-corrected chi connectivity index (χ4v) is 3.98. The van der Waals surface area contributed by atoms with Crippen LogP contribution >= 0.6 is 0 Å². The van der Waals surface area contributed by atoms with Gasteiger partial charge in [-0.15, -0.1) is 0 Å². The second kappa shape index (κ2) is 8.02. The van der Waals surface area contributed by atoms with E-state index in [-0.39, 0.29) is 12.1 Å². The maximum atomic E-state index is 12.3. The Hall–Kier alpha value is -1.55. The second-order valence-electron chi connectivity index (χ2n) is 7.29. The highest BCUT2D eigenvalue weighted by Gasteiger charge is 2.33. The summed E-state index contributed by atoms with van der Waals surface area (Å²) in [6.45, 7) is 6.95. The van der Waals surface area contributed by atoms with Crippen LogP contribution in [0.3, 0.4) is 0 Å². The maximum Gasteiger partial charge on any atom is 0.338 e. The van der Waals surface area contributed by atoms with E-state index in [9.17, 15) is 4.79 Å². The van der Waals surface area contributed by atoms with Crippen LogP contribution in [0, 0.1) is 5.92 Å². The summed E-state index contributed by atoms with van der Waals surface area (Å²) in [7, 11) is 0. The number of hydrogen-bond donors (Lipinski definition) is 0. The first-order valence-electron chi connectivity index (χ1n) is 9.31. The third-order valence-corrected chi connectivity index (χ3v) is 5.12. The van der Waals surface area contributed by atoms with Gasteiger partial charge in [0.2, 0.25) is 0 Å². The number of hydrogen-bond acceptors (Lipinski definition) is 4. The number of piperidine rings is 2. The molecule has 0 aromatic heterocycles. The van der Waals surface area contributed by atoms with Crippen LogP contribution in [0.2, 0.25) is 0 Å². The van der Waals surface area contributed by atoms with Crippen molar-refractivity contribution in [3.63, 3.8) is 0 Å². The monoisotopic (exact) mass is 331 g/mol. The first kappa shape index (κ1) is 17.3. The number of esters is 1. The lowest BCUT2D eigenvalue weighted by Gasteiger charge is -2.44. The molecule has 0 aliphatic carbocycles. The van der Waals surface area contributed by atoms with E-state index in [4.69, 9.17) is 9.47 Å². The summed E-state index contributed by atoms with van der Waals surface area (Å²) >= 11 is 0. The molecule has 0 spiro atoms. The number of benzene rings is 1. The van der Waals surface area contributed by atoms with Crippen LogP contribution in [0.5, 0.6) is 5.75 Å². The summed E-state index contributed by atoms with van der Waals surface area (Å²) in [5.74, 6) is 1.05. The van der Waals surface area contributed by atoms with E-state index in [2.05, 4.69) is 4.90 Å². The molecule has 0 saturated carbocycles. The topological polar surface area (TPSA) is 38.8 Å². The molecule has 0 N–H and O–H groups in total. The van der Waals surface area contributed by atoms with Gasteiger partial charge in [-0.25, -0.2) is 4.79 Å². The highest BCUT2D eigenvalue weighted by atomic mass is 16.5. The quantitative estimate of drug-likeness (QED) is 0.767. The van der Waals surface area contributed by atoms with Crippen molar-refractivity contribution in [1.29, 1.82) is 0 Å². The minimum Gasteiger partial charge on any atom is -0.491 e. The van der Waals surface area contributed by atoms with Crippen molar-refractivity contribution in [2.45, 2.75) is 58.1 Å². The molecule has 2 unspecified atom stereocenters. The van der Waals surface area contributed by atoms with Gasteiger partial charge in [0.05, 0.1) is 18.3 Å². The van der Waals surface area contributed by atoms with Gasteiger partial charge in [0, 0.05) is 12.0 Å². The smallest absolute Gasteiger partial charge is 0.338 e. The number of carbonyl (C=O) groups is 1. The van der Waals surface area contributed by atoms with Crippen LogP contribution in [-0.2, 0) is 4.74 Å². The first-order chi connectivity index (χ1) is 11.6. The Kier molecular flexibility index (Phi) is 5.77. The van der Waals surface area contributed by atoms with Gasteiger partial charge in [0.1, 0.15) is 5.75 Å². The molecular weight excluding hydrogens is 302 g/mol. The molecular formula is C20H29NO3. The molecule has 0 bridgehead atoms. The number of rotatable bonds is 5. The van der Waals surface area contributed by atoms with Crippen molar-refractivity contribution in [2.24, 2.45) is 5.92 Å². The van der Waals surface area contributed by atoms with E-state index in [1.165, 1.54) is 45.2 Å². The third-order valence-electron chi connectivity index (χ3n) is 5.12. The van der Waals surface area contributed by atoms with Crippen molar-refractivity contribution in [3.8, 4) is 5.75 Å². The number of fused-ring (bicyclic) bond motifs is 1. The van der Waals surface area contributed by atoms with Gasteiger partial charge in [-0.2, -0.15) is 0 Å². The largest absolute Gasteiger partial charge is 0.491 e. The standard InChI is InChI=1S/C20H29NO3/c1-15(2)24-18-10-8-16(9-11-18)20(22)23-14-17-6-5-13-21-12-4-3-7-19(17)21/h8-11,15,17,19H,3-7,12-14H2,1-2H3. The molecule has 1 aromatic carbocycles. The van der Waals surface area contributed by atoms with E-state index >= 15 is 0 Å². The number of nitrogens with zero attached hydrogens (tertiary/aromatic N) is 1. The third kappa shape index (κ3) is 4.29. The Morgan fingerprint density at radius 2 is 1.88 bits per heavy atom. The number of carbonyl (C=O) groups excluding carboxylic acids is 1. The van der Waals surface area contributed by atoms with Crippen molar-refractivity contribution in [3.05, 3.63) is 29.8 Å². The fourth-order valence-electron chi connectivity index (χ4n) is 3.98. The average molecular weight is 331 g/mol. The van der Waals surface area contributed by atoms with E-state index in [0.29, 0.717) is 24.1 Å². The van der Waals surface area contributed by atoms with Crippen LogP contribution in [0.25, 0.3) is 0 Å². The predicted octanol–water partition coefficient (Wildman–Crippen LogP) is 3.90. The molecule has 1 aromatic rings. The lowest BCUT2D eigenvalue weighted by atomic mass is 9.84. The Morgan fingerprint density at radius 3 is 2.62 bits per heavy atom. The lowest BCUT2D eigenvalue weighted by molar-refractivity contribution is 0.00739. The summed E-state index contributed by atoms with van der Waals surface area (Å²) in [4.78, 5) is 14.9. The maximum absolute atomic E-state index is 12.3. The van der Waals surface area contributed by atoms with Crippen molar-refractivity contribution in [2.75, 3.05) is 19.7 Å². The van der Waals surface area contributed by atoms with Gasteiger partial charge in [-0.1, -0.05) is 6.42 Å². The molecule has 24 heavy (non-hydrogen) atoms. The molecule has 0 amide bonds. The van der Waals surface area contributed by atoms with Crippen LogP contribution in [0.15, 0.2) is 24.3 Å². The molecule has 2 aliphatic heterocycles. The van der Waals surface area contributed by atoms with Crippen LogP contribution in [-0.4, -0.2) is 42.7 Å². The van der Waals surface area contributed by atoms with E-state index in [1.54, 1.807) is 12.1 Å². The van der Waals surface area contributed by atoms with E-state index < -0.39 is 0 Å². The molecule has 4 heteroatoms. The summed E-state index contributed by atoms with van der Waals surface area (Å²) in [5, 5.41) is 0. The van der Waals surface area contributed by atoms with Crippen LogP contribution in [0.1, 0.15) is 56.3 Å². The molecule has 0 radical (unpaired) electrons.